The summed E-state index contributed by atoms with van der Waals surface area (Å²) in [6.07, 6.45) is 0. The van der Waals surface area contributed by atoms with Crippen molar-refractivity contribution in [3.8, 4) is 0 Å². The summed E-state index contributed by atoms with van der Waals surface area (Å²) in [5, 5.41) is 4.28. The summed E-state index contributed by atoms with van der Waals surface area (Å²) >= 11 is 0. The van der Waals surface area contributed by atoms with Gasteiger partial charge in [0, 0.05) is 5.56 Å². The third-order valence-electron chi connectivity index (χ3n) is 1.95. The Bertz CT molecular complexity index is 334. The first-order valence-electron chi connectivity index (χ1n) is 4.12. The lowest BCUT2D eigenvalue weighted by atomic mass is 10.2. The van der Waals surface area contributed by atoms with Crippen LogP contribution in [-0.4, -0.2) is 23.9 Å². The molecule has 0 aromatic heterocycles. The fourth-order valence-electron chi connectivity index (χ4n) is 1.35. The third-order valence-corrected chi connectivity index (χ3v) is 1.95. The minimum absolute atomic E-state index is 0.591. The number of nitroso groups, excluding NO2 is 1. The van der Waals surface area contributed by atoms with Crippen molar-refractivity contribution < 1.29 is 0 Å². The molecule has 0 atom stereocenters. The molecule has 0 unspecified atom stereocenters. The summed E-state index contributed by atoms with van der Waals surface area (Å²) in [7, 11) is 0. The number of hydrogen-bond donors (Lipinski definition) is 0. The molecule has 0 aliphatic carbocycles. The zero-order valence-electron chi connectivity index (χ0n) is 7.05. The average molecular weight is 175 g/mol. The van der Waals surface area contributed by atoms with Gasteiger partial charge in [0.05, 0.1) is 18.4 Å². The second kappa shape index (κ2) is 3.35. The average Bonchev–Trinajstić information content (AvgIpc) is 2.67. The minimum atomic E-state index is 0.591. The molecule has 1 aromatic carbocycles. The van der Waals surface area contributed by atoms with Crippen LogP contribution in [0.25, 0.3) is 0 Å². The number of aliphatic imine (C=N–C) groups is 1. The molecule has 0 radical (unpaired) electrons. The Balaban J connectivity index is 2.31. The largest absolute Gasteiger partial charge is 0.264 e. The first-order valence-corrected chi connectivity index (χ1v) is 4.12. The lowest BCUT2D eigenvalue weighted by Crippen LogP contribution is -2.21. The van der Waals surface area contributed by atoms with Gasteiger partial charge in [0.1, 0.15) is 0 Å². The van der Waals surface area contributed by atoms with Crippen molar-refractivity contribution in [2.75, 3.05) is 13.1 Å². The van der Waals surface area contributed by atoms with Crippen molar-refractivity contribution in [1.29, 1.82) is 0 Å². The normalized spacial score (nSPS) is 15.7. The minimum Gasteiger partial charge on any atom is -0.264 e. The van der Waals surface area contributed by atoms with E-state index in [1.807, 2.05) is 30.3 Å². The molecule has 1 aromatic rings. The first-order chi connectivity index (χ1) is 6.42. The van der Waals surface area contributed by atoms with Crippen LogP contribution in [0.3, 0.4) is 0 Å². The van der Waals surface area contributed by atoms with Crippen LogP contribution in [0.2, 0.25) is 0 Å². The SMILES string of the molecule is O=NN1CCN=C1c1ccccc1. The number of amidine groups is 1. The van der Waals surface area contributed by atoms with Gasteiger partial charge in [0.25, 0.3) is 0 Å². The summed E-state index contributed by atoms with van der Waals surface area (Å²) < 4.78 is 0. The Hall–Kier alpha value is -1.71. The highest BCUT2D eigenvalue weighted by molar-refractivity contribution is 5.99. The molecule has 4 heteroatoms. The summed E-state index contributed by atoms with van der Waals surface area (Å²) in [4.78, 5) is 14.6. The molecule has 1 aliphatic rings. The first kappa shape index (κ1) is 7.91. The highest BCUT2D eigenvalue weighted by Gasteiger charge is 2.18. The van der Waals surface area contributed by atoms with E-state index in [4.69, 9.17) is 0 Å². The van der Waals surface area contributed by atoms with Crippen LogP contribution in [0, 0.1) is 4.91 Å². The van der Waals surface area contributed by atoms with E-state index in [1.54, 1.807) is 0 Å². The molecule has 0 saturated carbocycles. The molecular weight excluding hydrogens is 166 g/mol. The molecular formula is C9H9N3O. The number of benzene rings is 1. The van der Waals surface area contributed by atoms with E-state index in [9.17, 15) is 4.91 Å². The van der Waals surface area contributed by atoms with Crippen LogP contribution in [0.15, 0.2) is 40.6 Å². The van der Waals surface area contributed by atoms with E-state index in [2.05, 4.69) is 10.3 Å². The molecule has 13 heavy (non-hydrogen) atoms. The van der Waals surface area contributed by atoms with Gasteiger partial charge in [-0.3, -0.25) is 4.99 Å². The quantitative estimate of drug-likeness (QED) is 0.638. The van der Waals surface area contributed by atoms with E-state index >= 15 is 0 Å². The summed E-state index contributed by atoms with van der Waals surface area (Å²) in [6, 6.07) is 9.60. The molecule has 0 fully saturated rings. The van der Waals surface area contributed by atoms with Gasteiger partial charge in [-0.15, -0.1) is 4.91 Å². The van der Waals surface area contributed by atoms with Crippen LogP contribution in [0.5, 0.6) is 0 Å². The van der Waals surface area contributed by atoms with E-state index < -0.39 is 0 Å². The fraction of sp³-hybridized carbons (Fsp3) is 0.222. The monoisotopic (exact) mass is 175 g/mol. The van der Waals surface area contributed by atoms with Gasteiger partial charge in [0.15, 0.2) is 5.84 Å². The predicted molar refractivity (Wildman–Crippen MR) is 50.3 cm³/mol. The van der Waals surface area contributed by atoms with E-state index in [1.165, 1.54) is 5.01 Å². The summed E-state index contributed by atoms with van der Waals surface area (Å²) in [5.74, 6) is 0.676. The van der Waals surface area contributed by atoms with Crippen LogP contribution >= 0.6 is 0 Å². The molecule has 0 amide bonds. The highest BCUT2D eigenvalue weighted by Crippen LogP contribution is 2.10. The van der Waals surface area contributed by atoms with Crippen LogP contribution in [0.1, 0.15) is 5.56 Å². The Kier molecular flexibility index (Phi) is 2.04. The summed E-state index contributed by atoms with van der Waals surface area (Å²) in [6.45, 7) is 1.24. The molecule has 0 saturated heterocycles. The molecule has 4 nitrogen and oxygen atoms in total. The van der Waals surface area contributed by atoms with Crippen molar-refractivity contribution in [2.45, 2.75) is 0 Å². The van der Waals surface area contributed by atoms with Crippen molar-refractivity contribution in [2.24, 2.45) is 10.3 Å². The van der Waals surface area contributed by atoms with Gasteiger partial charge >= 0.3 is 0 Å². The maximum atomic E-state index is 10.4. The van der Waals surface area contributed by atoms with Crippen LogP contribution in [0.4, 0.5) is 0 Å². The lowest BCUT2D eigenvalue weighted by Gasteiger charge is -2.08. The molecule has 0 N–H and O–H groups in total. The van der Waals surface area contributed by atoms with Gasteiger partial charge in [-0.05, 0) is 0 Å². The highest BCUT2D eigenvalue weighted by atomic mass is 16.3. The Labute approximate surface area is 75.8 Å². The van der Waals surface area contributed by atoms with Crippen molar-refractivity contribution >= 4 is 5.84 Å². The predicted octanol–water partition coefficient (Wildman–Crippen LogP) is 1.43. The molecule has 66 valence electrons. The zero-order chi connectivity index (χ0) is 9.10. The standard InChI is InChI=1S/C9H9N3O/c13-11-12-7-6-10-9(12)8-4-2-1-3-5-8/h1-5H,6-7H2. The molecule has 0 spiro atoms. The second-order valence-corrected chi connectivity index (χ2v) is 2.78. The molecule has 1 heterocycles. The van der Waals surface area contributed by atoms with Gasteiger partial charge in [-0.25, -0.2) is 5.01 Å². The van der Waals surface area contributed by atoms with E-state index in [0.29, 0.717) is 18.9 Å². The third kappa shape index (κ3) is 1.42. The van der Waals surface area contributed by atoms with Crippen molar-refractivity contribution in [1.82, 2.24) is 5.01 Å². The summed E-state index contributed by atoms with van der Waals surface area (Å²) in [5.41, 5.74) is 0.944. The number of hydrogen-bond acceptors (Lipinski definition) is 3. The maximum Gasteiger partial charge on any atom is 0.154 e. The fourth-order valence-corrected chi connectivity index (χ4v) is 1.35. The maximum absolute atomic E-state index is 10.4. The molecule has 1 aliphatic heterocycles. The van der Waals surface area contributed by atoms with Gasteiger partial charge in [-0.2, -0.15) is 0 Å². The van der Waals surface area contributed by atoms with Crippen LogP contribution in [-0.2, 0) is 0 Å². The van der Waals surface area contributed by atoms with E-state index in [0.717, 1.165) is 5.56 Å². The molecule has 2 rings (SSSR count). The van der Waals surface area contributed by atoms with Crippen LogP contribution < -0.4 is 0 Å². The Morgan fingerprint density at radius 3 is 2.77 bits per heavy atom. The van der Waals surface area contributed by atoms with Crippen molar-refractivity contribution in [3.63, 3.8) is 0 Å². The van der Waals surface area contributed by atoms with Gasteiger partial charge in [-0.1, -0.05) is 30.3 Å². The van der Waals surface area contributed by atoms with E-state index in [-0.39, 0.29) is 0 Å². The molecule has 0 bridgehead atoms. The second-order valence-electron chi connectivity index (χ2n) is 2.78. The van der Waals surface area contributed by atoms with Gasteiger partial charge in [0.2, 0.25) is 0 Å². The Morgan fingerprint density at radius 1 is 1.31 bits per heavy atom. The van der Waals surface area contributed by atoms with Gasteiger partial charge < -0.3 is 0 Å². The topological polar surface area (TPSA) is 45.0 Å². The zero-order valence-corrected chi connectivity index (χ0v) is 7.05. The lowest BCUT2D eigenvalue weighted by molar-refractivity contribution is 0.483. The number of nitrogens with zero attached hydrogens (tertiary/aromatic N) is 3. The number of rotatable bonds is 2. The smallest absolute Gasteiger partial charge is 0.154 e. The Morgan fingerprint density at radius 2 is 2.08 bits per heavy atom. The van der Waals surface area contributed by atoms with Crippen molar-refractivity contribution in [3.05, 3.63) is 40.8 Å².